The third-order valence-electron chi connectivity index (χ3n) is 5.37. The van der Waals surface area contributed by atoms with Crippen molar-refractivity contribution >= 4 is 41.0 Å². The van der Waals surface area contributed by atoms with Crippen LogP contribution in [0.5, 0.6) is 0 Å². The van der Waals surface area contributed by atoms with Gasteiger partial charge in [0.2, 0.25) is 0 Å². The second kappa shape index (κ2) is 10.9. The highest BCUT2D eigenvalue weighted by atomic mass is 35.5. The fourth-order valence-corrected chi connectivity index (χ4v) is 3.72. The molecule has 1 aliphatic heterocycles. The van der Waals surface area contributed by atoms with Crippen LogP contribution in [0.15, 0.2) is 47.6 Å². The molecule has 1 aliphatic rings. The summed E-state index contributed by atoms with van der Waals surface area (Å²) >= 11 is 5.85. The van der Waals surface area contributed by atoms with Crippen molar-refractivity contribution in [2.45, 2.75) is 32.7 Å². The van der Waals surface area contributed by atoms with Crippen LogP contribution in [0.25, 0.3) is 0 Å². The standard InChI is InChI=1S/C23H26ClN5O4/c1-15(2)21(26-22(30)17-6-8-18(24)9-7-17)23(31)27-25-14-16-5-10-19(20(13-16)29(32)33)28-11-3-4-12-28/h5-10,13-15,21H,3-4,11-12H2,1-2H3,(H,26,30)(H,27,31). The minimum atomic E-state index is -0.822. The van der Waals surface area contributed by atoms with E-state index in [-0.39, 0.29) is 11.6 Å². The molecule has 2 aromatic rings. The summed E-state index contributed by atoms with van der Waals surface area (Å²) < 4.78 is 0. The van der Waals surface area contributed by atoms with Gasteiger partial charge in [-0.1, -0.05) is 31.5 Å². The zero-order valence-corrected chi connectivity index (χ0v) is 19.2. The number of benzene rings is 2. The van der Waals surface area contributed by atoms with Crippen molar-refractivity contribution in [2.75, 3.05) is 18.0 Å². The van der Waals surface area contributed by atoms with Crippen LogP contribution in [0.4, 0.5) is 11.4 Å². The summed E-state index contributed by atoms with van der Waals surface area (Å²) in [6.07, 6.45) is 3.37. The summed E-state index contributed by atoms with van der Waals surface area (Å²) in [5, 5.41) is 18.7. The predicted molar refractivity (Wildman–Crippen MR) is 128 cm³/mol. The maximum Gasteiger partial charge on any atom is 0.293 e. The molecule has 2 aromatic carbocycles. The first-order valence-corrected chi connectivity index (χ1v) is 11.1. The molecule has 1 unspecified atom stereocenters. The molecule has 1 fully saturated rings. The van der Waals surface area contributed by atoms with Gasteiger partial charge in [-0.2, -0.15) is 5.10 Å². The molecule has 174 valence electrons. The maximum absolute atomic E-state index is 12.6. The normalized spacial score (nSPS) is 14.5. The van der Waals surface area contributed by atoms with E-state index in [4.69, 9.17) is 11.6 Å². The number of amides is 2. The van der Waals surface area contributed by atoms with Crippen molar-refractivity contribution in [2.24, 2.45) is 11.0 Å². The van der Waals surface area contributed by atoms with E-state index in [0.717, 1.165) is 25.9 Å². The first kappa shape index (κ1) is 24.2. The number of nitrogens with one attached hydrogen (secondary N) is 2. The number of nitro groups is 1. The molecule has 1 saturated heterocycles. The Morgan fingerprint density at radius 3 is 2.42 bits per heavy atom. The maximum atomic E-state index is 12.6. The average molecular weight is 472 g/mol. The summed E-state index contributed by atoms with van der Waals surface area (Å²) in [5.74, 6) is -1.10. The summed E-state index contributed by atoms with van der Waals surface area (Å²) in [6, 6.07) is 10.4. The van der Waals surface area contributed by atoms with Crippen molar-refractivity contribution in [3.63, 3.8) is 0 Å². The van der Waals surface area contributed by atoms with E-state index in [2.05, 4.69) is 15.8 Å². The summed E-state index contributed by atoms with van der Waals surface area (Å²) in [7, 11) is 0. The molecule has 3 rings (SSSR count). The Morgan fingerprint density at radius 1 is 1.15 bits per heavy atom. The van der Waals surface area contributed by atoms with Crippen molar-refractivity contribution in [1.82, 2.24) is 10.7 Å². The lowest BCUT2D eigenvalue weighted by atomic mass is 10.0. The predicted octanol–water partition coefficient (Wildman–Crippen LogP) is 3.75. The highest BCUT2D eigenvalue weighted by Gasteiger charge is 2.25. The lowest BCUT2D eigenvalue weighted by Crippen LogP contribution is -2.48. The minimum Gasteiger partial charge on any atom is -0.366 e. The summed E-state index contributed by atoms with van der Waals surface area (Å²) in [5.41, 5.74) is 3.86. The molecule has 10 heteroatoms. The Morgan fingerprint density at radius 2 is 1.82 bits per heavy atom. The van der Waals surface area contributed by atoms with Gasteiger partial charge in [-0.3, -0.25) is 19.7 Å². The number of nitro benzene ring substituents is 1. The van der Waals surface area contributed by atoms with Gasteiger partial charge in [0.05, 0.1) is 11.1 Å². The van der Waals surface area contributed by atoms with Crippen molar-refractivity contribution in [1.29, 1.82) is 0 Å². The molecule has 1 atom stereocenters. The third-order valence-corrected chi connectivity index (χ3v) is 5.63. The molecule has 2 amide bonds. The second-order valence-corrected chi connectivity index (χ2v) is 8.57. The zero-order valence-electron chi connectivity index (χ0n) is 18.5. The highest BCUT2D eigenvalue weighted by Crippen LogP contribution is 2.31. The molecule has 0 aromatic heterocycles. The molecular weight excluding hydrogens is 446 g/mol. The number of nitrogens with zero attached hydrogens (tertiary/aromatic N) is 3. The van der Waals surface area contributed by atoms with E-state index >= 15 is 0 Å². The van der Waals surface area contributed by atoms with Crippen molar-refractivity contribution < 1.29 is 14.5 Å². The van der Waals surface area contributed by atoms with Crippen LogP contribution in [0.3, 0.4) is 0 Å². The Labute approximate surface area is 197 Å². The second-order valence-electron chi connectivity index (χ2n) is 8.14. The van der Waals surface area contributed by atoms with E-state index in [1.165, 1.54) is 12.3 Å². The Hall–Kier alpha value is -3.46. The summed E-state index contributed by atoms with van der Waals surface area (Å²) in [6.45, 7) is 5.19. The Kier molecular flexibility index (Phi) is 8.00. The van der Waals surface area contributed by atoms with Gasteiger partial charge in [-0.25, -0.2) is 5.43 Å². The smallest absolute Gasteiger partial charge is 0.293 e. The molecule has 33 heavy (non-hydrogen) atoms. The van der Waals surface area contributed by atoms with Gasteiger partial charge >= 0.3 is 0 Å². The lowest BCUT2D eigenvalue weighted by Gasteiger charge is -2.20. The summed E-state index contributed by atoms with van der Waals surface area (Å²) in [4.78, 5) is 38.2. The van der Waals surface area contributed by atoms with Crippen LogP contribution >= 0.6 is 11.6 Å². The van der Waals surface area contributed by atoms with Crippen molar-refractivity contribution in [3.05, 3.63) is 68.7 Å². The van der Waals surface area contributed by atoms with Crippen LogP contribution in [0.1, 0.15) is 42.6 Å². The molecule has 0 radical (unpaired) electrons. The number of hydrazone groups is 1. The lowest BCUT2D eigenvalue weighted by molar-refractivity contribution is -0.384. The third kappa shape index (κ3) is 6.29. The fraction of sp³-hybridized carbons (Fsp3) is 0.348. The molecule has 0 saturated carbocycles. The fourth-order valence-electron chi connectivity index (χ4n) is 3.59. The van der Waals surface area contributed by atoms with Crippen LogP contribution in [-0.4, -0.2) is 42.1 Å². The molecule has 9 nitrogen and oxygen atoms in total. The SMILES string of the molecule is CC(C)C(NC(=O)c1ccc(Cl)cc1)C(=O)NN=Cc1ccc(N2CCCC2)c([N+](=O)[O-])c1. The van der Waals surface area contributed by atoms with Crippen LogP contribution in [0, 0.1) is 16.0 Å². The molecule has 0 bridgehead atoms. The van der Waals surface area contributed by atoms with Gasteiger partial charge in [0.15, 0.2) is 0 Å². The minimum absolute atomic E-state index is 0.00228. The van der Waals surface area contributed by atoms with E-state index in [1.807, 2.05) is 4.90 Å². The first-order valence-electron chi connectivity index (χ1n) is 10.7. The van der Waals surface area contributed by atoms with Gasteiger partial charge in [-0.05, 0) is 49.1 Å². The molecule has 1 heterocycles. The number of carbonyl (C=O) groups excluding carboxylic acids is 2. The molecule has 2 N–H and O–H groups in total. The van der Waals surface area contributed by atoms with E-state index < -0.39 is 22.8 Å². The van der Waals surface area contributed by atoms with Gasteiger partial charge in [0.25, 0.3) is 17.5 Å². The first-order chi connectivity index (χ1) is 15.8. The topological polar surface area (TPSA) is 117 Å². The number of rotatable bonds is 8. The van der Waals surface area contributed by atoms with Crippen molar-refractivity contribution in [3.8, 4) is 0 Å². The highest BCUT2D eigenvalue weighted by molar-refractivity contribution is 6.30. The van der Waals surface area contributed by atoms with Crippen LogP contribution < -0.4 is 15.6 Å². The number of hydrogen-bond donors (Lipinski definition) is 2. The quantitative estimate of drug-likeness (QED) is 0.345. The largest absolute Gasteiger partial charge is 0.366 e. The average Bonchev–Trinajstić information content (AvgIpc) is 3.32. The zero-order chi connectivity index (χ0) is 24.0. The van der Waals surface area contributed by atoms with Gasteiger partial charge < -0.3 is 10.2 Å². The van der Waals surface area contributed by atoms with E-state index in [1.54, 1.807) is 50.2 Å². The van der Waals surface area contributed by atoms with Crippen LogP contribution in [0.2, 0.25) is 5.02 Å². The number of anilines is 1. The van der Waals surface area contributed by atoms with Gasteiger partial charge in [-0.15, -0.1) is 0 Å². The monoisotopic (exact) mass is 471 g/mol. The Bertz CT molecular complexity index is 1050. The number of hydrogen-bond acceptors (Lipinski definition) is 6. The number of halogens is 1. The van der Waals surface area contributed by atoms with Gasteiger partial charge in [0.1, 0.15) is 11.7 Å². The number of carbonyl (C=O) groups is 2. The molecular formula is C23H26ClN5O4. The Balaban J connectivity index is 1.66. The molecule has 0 aliphatic carbocycles. The van der Waals surface area contributed by atoms with E-state index in [9.17, 15) is 19.7 Å². The van der Waals surface area contributed by atoms with E-state index in [0.29, 0.717) is 21.8 Å². The van der Waals surface area contributed by atoms with Gasteiger partial charge in [0, 0.05) is 35.3 Å². The van der Waals surface area contributed by atoms with Crippen LogP contribution in [-0.2, 0) is 4.79 Å². The molecule has 0 spiro atoms.